The summed E-state index contributed by atoms with van der Waals surface area (Å²) in [6, 6.07) is 6.01. The highest BCUT2D eigenvalue weighted by molar-refractivity contribution is 5.68. The van der Waals surface area contributed by atoms with E-state index in [4.69, 9.17) is 4.74 Å². The summed E-state index contributed by atoms with van der Waals surface area (Å²) in [5.74, 6) is 0. The standard InChI is InChI=1S/C15H19N5O2/c1-10-3-4-12(13(9-10)20-5-7-22-8-6-20)17-18-14-11(2)16-19-15(14)21/h3-4,9H,5-8H2,1-2H3,(H2,16,19,21). The van der Waals surface area contributed by atoms with Gasteiger partial charge in [-0.05, 0) is 31.5 Å². The number of rotatable bonds is 3. The second kappa shape index (κ2) is 6.15. The molecule has 7 nitrogen and oxygen atoms in total. The summed E-state index contributed by atoms with van der Waals surface area (Å²) in [4.78, 5) is 13.9. The molecular formula is C15H19N5O2. The number of azo groups is 1. The van der Waals surface area contributed by atoms with Crippen molar-refractivity contribution in [3.05, 3.63) is 39.8 Å². The van der Waals surface area contributed by atoms with Crippen LogP contribution in [0.15, 0.2) is 33.2 Å². The minimum Gasteiger partial charge on any atom is -0.378 e. The van der Waals surface area contributed by atoms with Crippen molar-refractivity contribution in [3.8, 4) is 0 Å². The fraction of sp³-hybridized carbons (Fsp3) is 0.400. The third-order valence-corrected chi connectivity index (χ3v) is 3.67. The molecule has 1 fully saturated rings. The van der Waals surface area contributed by atoms with Crippen LogP contribution in [0, 0.1) is 13.8 Å². The first-order valence-electron chi connectivity index (χ1n) is 7.27. The van der Waals surface area contributed by atoms with Crippen molar-refractivity contribution in [2.24, 2.45) is 10.2 Å². The highest BCUT2D eigenvalue weighted by atomic mass is 16.5. The molecule has 2 aromatic rings. The van der Waals surface area contributed by atoms with E-state index in [2.05, 4.69) is 31.4 Å². The lowest BCUT2D eigenvalue weighted by Gasteiger charge is -2.29. The molecule has 7 heteroatoms. The van der Waals surface area contributed by atoms with Gasteiger partial charge in [-0.1, -0.05) is 6.07 Å². The van der Waals surface area contributed by atoms with Crippen LogP contribution in [-0.2, 0) is 4.74 Å². The van der Waals surface area contributed by atoms with Gasteiger partial charge in [0.25, 0.3) is 5.56 Å². The Morgan fingerprint density at radius 3 is 2.59 bits per heavy atom. The number of hydrogen-bond acceptors (Lipinski definition) is 5. The summed E-state index contributed by atoms with van der Waals surface area (Å²) in [5, 5.41) is 13.6. The van der Waals surface area contributed by atoms with Gasteiger partial charge in [-0.25, -0.2) is 0 Å². The van der Waals surface area contributed by atoms with Gasteiger partial charge < -0.3 is 14.7 Å². The van der Waals surface area contributed by atoms with Gasteiger partial charge in [0.05, 0.1) is 24.6 Å². The van der Waals surface area contributed by atoms with Crippen molar-refractivity contribution in [3.63, 3.8) is 0 Å². The molecular weight excluding hydrogens is 282 g/mol. The first kappa shape index (κ1) is 14.5. The van der Waals surface area contributed by atoms with Crippen LogP contribution in [-0.4, -0.2) is 36.5 Å². The average Bonchev–Trinajstić information content (AvgIpc) is 2.86. The first-order valence-corrected chi connectivity index (χ1v) is 7.27. The molecule has 0 unspecified atom stereocenters. The molecule has 0 bridgehead atoms. The topological polar surface area (TPSA) is 85.8 Å². The SMILES string of the molecule is Cc1ccc(N=Nc2c(C)[nH][nH]c2=O)c(N2CCOCC2)c1. The number of nitrogens with one attached hydrogen (secondary N) is 2. The van der Waals surface area contributed by atoms with Gasteiger partial charge in [-0.3, -0.25) is 9.89 Å². The van der Waals surface area contributed by atoms with Crippen LogP contribution >= 0.6 is 0 Å². The molecule has 22 heavy (non-hydrogen) atoms. The van der Waals surface area contributed by atoms with Crippen LogP contribution in [0.4, 0.5) is 17.1 Å². The molecule has 0 spiro atoms. The van der Waals surface area contributed by atoms with Crippen LogP contribution < -0.4 is 10.5 Å². The van der Waals surface area contributed by atoms with E-state index in [0.717, 1.165) is 30.0 Å². The molecule has 1 aromatic carbocycles. The van der Waals surface area contributed by atoms with E-state index < -0.39 is 0 Å². The van der Waals surface area contributed by atoms with Gasteiger partial charge in [0.15, 0.2) is 5.69 Å². The van der Waals surface area contributed by atoms with Crippen molar-refractivity contribution in [2.75, 3.05) is 31.2 Å². The molecule has 0 amide bonds. The third-order valence-electron chi connectivity index (χ3n) is 3.67. The maximum absolute atomic E-state index is 11.6. The van der Waals surface area contributed by atoms with Gasteiger partial charge in [-0.15, -0.1) is 10.2 Å². The quantitative estimate of drug-likeness (QED) is 0.854. The Balaban J connectivity index is 1.94. The number of benzene rings is 1. The molecule has 0 radical (unpaired) electrons. The largest absolute Gasteiger partial charge is 0.378 e. The van der Waals surface area contributed by atoms with Crippen LogP contribution in [0.2, 0.25) is 0 Å². The number of aryl methyl sites for hydroxylation is 2. The predicted molar refractivity (Wildman–Crippen MR) is 84.5 cm³/mol. The summed E-state index contributed by atoms with van der Waals surface area (Å²) in [6.07, 6.45) is 0. The Kier molecular flexibility index (Phi) is 4.06. The maximum atomic E-state index is 11.6. The van der Waals surface area contributed by atoms with Crippen LogP contribution in [0.1, 0.15) is 11.3 Å². The van der Waals surface area contributed by atoms with Crippen LogP contribution in [0.5, 0.6) is 0 Å². The summed E-state index contributed by atoms with van der Waals surface area (Å²) >= 11 is 0. The Hall–Kier alpha value is -2.41. The Morgan fingerprint density at radius 1 is 1.14 bits per heavy atom. The zero-order chi connectivity index (χ0) is 15.5. The van der Waals surface area contributed by atoms with Gasteiger partial charge in [0, 0.05) is 13.1 Å². The first-order chi connectivity index (χ1) is 10.6. The summed E-state index contributed by atoms with van der Waals surface area (Å²) < 4.78 is 5.40. The van der Waals surface area contributed by atoms with Gasteiger partial charge in [0.2, 0.25) is 0 Å². The number of aromatic nitrogens is 2. The smallest absolute Gasteiger partial charge is 0.291 e. The normalized spacial score (nSPS) is 15.6. The lowest BCUT2D eigenvalue weighted by Crippen LogP contribution is -2.36. The molecule has 1 aliphatic heterocycles. The molecule has 0 saturated carbocycles. The zero-order valence-corrected chi connectivity index (χ0v) is 12.7. The molecule has 0 atom stereocenters. The molecule has 1 aromatic heterocycles. The van der Waals surface area contributed by atoms with E-state index >= 15 is 0 Å². The second-order valence-electron chi connectivity index (χ2n) is 5.34. The second-order valence-corrected chi connectivity index (χ2v) is 5.34. The van der Waals surface area contributed by atoms with Crippen LogP contribution in [0.25, 0.3) is 0 Å². The van der Waals surface area contributed by atoms with Crippen molar-refractivity contribution in [2.45, 2.75) is 13.8 Å². The minimum atomic E-state index is -0.263. The molecule has 2 heterocycles. The predicted octanol–water partition coefficient (Wildman–Crippen LogP) is 2.57. The van der Waals surface area contributed by atoms with E-state index in [0.29, 0.717) is 24.6 Å². The monoisotopic (exact) mass is 301 g/mol. The van der Waals surface area contributed by atoms with E-state index in [1.54, 1.807) is 6.92 Å². The highest BCUT2D eigenvalue weighted by Gasteiger charge is 2.15. The van der Waals surface area contributed by atoms with E-state index in [9.17, 15) is 4.79 Å². The lowest BCUT2D eigenvalue weighted by molar-refractivity contribution is 0.123. The van der Waals surface area contributed by atoms with E-state index in [1.807, 2.05) is 19.1 Å². The van der Waals surface area contributed by atoms with Crippen molar-refractivity contribution in [1.29, 1.82) is 0 Å². The number of nitrogens with zero attached hydrogens (tertiary/aromatic N) is 3. The molecule has 116 valence electrons. The molecule has 1 aliphatic rings. The van der Waals surface area contributed by atoms with Crippen molar-refractivity contribution >= 4 is 17.1 Å². The minimum absolute atomic E-state index is 0.263. The molecule has 2 N–H and O–H groups in total. The summed E-state index contributed by atoms with van der Waals surface area (Å²) in [5.41, 5.74) is 3.67. The third kappa shape index (κ3) is 2.94. The zero-order valence-electron chi connectivity index (χ0n) is 12.7. The van der Waals surface area contributed by atoms with Gasteiger partial charge >= 0.3 is 0 Å². The van der Waals surface area contributed by atoms with Crippen molar-refractivity contribution < 1.29 is 4.74 Å². The number of morpholine rings is 1. The number of ether oxygens (including phenoxy) is 1. The van der Waals surface area contributed by atoms with Crippen molar-refractivity contribution in [1.82, 2.24) is 10.2 Å². The number of H-pyrrole nitrogens is 2. The highest BCUT2D eigenvalue weighted by Crippen LogP contribution is 2.31. The molecule has 0 aliphatic carbocycles. The fourth-order valence-corrected chi connectivity index (χ4v) is 2.44. The lowest BCUT2D eigenvalue weighted by atomic mass is 10.1. The van der Waals surface area contributed by atoms with Gasteiger partial charge in [0.1, 0.15) is 5.69 Å². The van der Waals surface area contributed by atoms with E-state index in [1.165, 1.54) is 0 Å². The Labute approximate surface area is 128 Å². The summed E-state index contributed by atoms with van der Waals surface area (Å²) in [7, 11) is 0. The van der Waals surface area contributed by atoms with Gasteiger partial charge in [-0.2, -0.15) is 0 Å². The summed E-state index contributed by atoms with van der Waals surface area (Å²) in [6.45, 7) is 6.91. The Bertz CT molecular complexity index is 741. The number of hydrogen-bond donors (Lipinski definition) is 2. The molecule has 1 saturated heterocycles. The number of aromatic amines is 2. The fourth-order valence-electron chi connectivity index (χ4n) is 2.44. The van der Waals surface area contributed by atoms with E-state index in [-0.39, 0.29) is 5.56 Å². The Morgan fingerprint density at radius 2 is 1.91 bits per heavy atom. The van der Waals surface area contributed by atoms with Crippen LogP contribution in [0.3, 0.4) is 0 Å². The molecule has 3 rings (SSSR count). The average molecular weight is 301 g/mol. The maximum Gasteiger partial charge on any atom is 0.291 e. The number of anilines is 1.